The van der Waals surface area contributed by atoms with Gasteiger partial charge in [0.05, 0.1) is 10.3 Å². The Labute approximate surface area is 128 Å². The van der Waals surface area contributed by atoms with E-state index in [-0.39, 0.29) is 5.91 Å². The van der Waals surface area contributed by atoms with E-state index in [1.807, 2.05) is 17.9 Å². The molecule has 2 heterocycles. The summed E-state index contributed by atoms with van der Waals surface area (Å²) in [5.41, 5.74) is 0.711. The van der Waals surface area contributed by atoms with Crippen LogP contribution in [0, 0.1) is 5.41 Å². The summed E-state index contributed by atoms with van der Waals surface area (Å²) in [4.78, 5) is 28.0. The third-order valence-corrected chi connectivity index (χ3v) is 6.32. The summed E-state index contributed by atoms with van der Waals surface area (Å²) in [6.45, 7) is 3.04. The number of rotatable bonds is 3. The number of amides is 1. The molecule has 1 fully saturated rings. The van der Waals surface area contributed by atoms with Crippen molar-refractivity contribution in [3.05, 3.63) is 21.4 Å². The van der Waals surface area contributed by atoms with Gasteiger partial charge in [0.15, 0.2) is 0 Å². The molecule has 1 aromatic heterocycles. The molecule has 1 aliphatic heterocycles. The van der Waals surface area contributed by atoms with Gasteiger partial charge in [-0.15, -0.1) is 11.3 Å². The minimum Gasteiger partial charge on any atom is -0.481 e. The Hall–Kier alpha value is -1.36. The van der Waals surface area contributed by atoms with Crippen LogP contribution in [0.25, 0.3) is 0 Å². The van der Waals surface area contributed by atoms with E-state index in [1.165, 1.54) is 16.9 Å². The molecule has 0 bridgehead atoms. The van der Waals surface area contributed by atoms with E-state index in [1.54, 1.807) is 11.3 Å². The molecule has 1 saturated heterocycles. The maximum absolute atomic E-state index is 12.6. The first kappa shape index (κ1) is 14.6. The van der Waals surface area contributed by atoms with Gasteiger partial charge in [0, 0.05) is 18.0 Å². The molecule has 0 saturated carbocycles. The first-order chi connectivity index (χ1) is 10.1. The van der Waals surface area contributed by atoms with Crippen LogP contribution in [0.5, 0.6) is 0 Å². The molecule has 4 nitrogen and oxygen atoms in total. The Bertz CT molecular complexity index is 549. The van der Waals surface area contributed by atoms with Gasteiger partial charge < -0.3 is 10.0 Å². The maximum Gasteiger partial charge on any atom is 0.309 e. The number of hydrogen-bond acceptors (Lipinski definition) is 3. The number of aryl methyl sites for hydroxylation is 2. The van der Waals surface area contributed by atoms with Gasteiger partial charge in [0.1, 0.15) is 0 Å². The average Bonchev–Trinajstić information content (AvgIpc) is 3.07. The third kappa shape index (κ3) is 2.48. The lowest BCUT2D eigenvalue weighted by Gasteiger charge is -2.38. The largest absolute Gasteiger partial charge is 0.481 e. The summed E-state index contributed by atoms with van der Waals surface area (Å²) in [5.74, 6) is -0.628. The van der Waals surface area contributed by atoms with Gasteiger partial charge in [0.2, 0.25) is 0 Å². The Morgan fingerprint density at radius 1 is 1.33 bits per heavy atom. The highest BCUT2D eigenvalue weighted by Gasteiger charge is 2.41. The van der Waals surface area contributed by atoms with Gasteiger partial charge in [-0.05, 0) is 50.2 Å². The standard InChI is InChI=1S/C16H21NO3S/c1-2-16(15(19)20)6-8-17(9-7-16)14(18)13-10-11-4-3-5-12(11)21-13/h10H,2-9H2,1H3,(H,19,20). The molecular formula is C16H21NO3S. The molecule has 1 amide bonds. The summed E-state index contributed by atoms with van der Waals surface area (Å²) < 4.78 is 0. The number of piperidine rings is 1. The number of carbonyl (C=O) groups is 2. The van der Waals surface area contributed by atoms with Gasteiger partial charge in [0.25, 0.3) is 5.91 Å². The number of aliphatic carboxylic acids is 1. The van der Waals surface area contributed by atoms with Crippen molar-refractivity contribution in [1.82, 2.24) is 4.90 Å². The maximum atomic E-state index is 12.6. The normalized spacial score (nSPS) is 20.3. The number of carboxylic acid groups (broad SMARTS) is 1. The van der Waals surface area contributed by atoms with E-state index < -0.39 is 11.4 Å². The summed E-state index contributed by atoms with van der Waals surface area (Å²) >= 11 is 1.63. The first-order valence-electron chi connectivity index (χ1n) is 7.70. The molecule has 1 N–H and O–H groups in total. The molecule has 1 aliphatic carbocycles. The van der Waals surface area contributed by atoms with Crippen molar-refractivity contribution in [2.75, 3.05) is 13.1 Å². The second-order valence-corrected chi connectivity index (χ2v) is 7.28. The van der Waals surface area contributed by atoms with E-state index in [0.29, 0.717) is 32.4 Å². The number of likely N-dealkylation sites (tertiary alicyclic amines) is 1. The molecule has 0 atom stereocenters. The summed E-state index contributed by atoms with van der Waals surface area (Å²) in [5, 5.41) is 9.41. The monoisotopic (exact) mass is 307 g/mol. The van der Waals surface area contributed by atoms with E-state index in [2.05, 4.69) is 0 Å². The zero-order chi connectivity index (χ0) is 15.0. The molecular weight excluding hydrogens is 286 g/mol. The van der Waals surface area contributed by atoms with Gasteiger partial charge >= 0.3 is 5.97 Å². The SMILES string of the molecule is CCC1(C(=O)O)CCN(C(=O)c2cc3c(s2)CCC3)CC1. The van der Waals surface area contributed by atoms with E-state index in [4.69, 9.17) is 0 Å². The Kier molecular flexibility index (Phi) is 3.78. The minimum atomic E-state index is -0.716. The van der Waals surface area contributed by atoms with Crippen LogP contribution in [0.2, 0.25) is 0 Å². The Balaban J connectivity index is 1.69. The number of carbonyl (C=O) groups excluding carboxylic acids is 1. The van der Waals surface area contributed by atoms with Crippen LogP contribution >= 0.6 is 11.3 Å². The van der Waals surface area contributed by atoms with Crippen molar-refractivity contribution in [3.63, 3.8) is 0 Å². The highest BCUT2D eigenvalue weighted by molar-refractivity contribution is 7.14. The van der Waals surface area contributed by atoms with Crippen molar-refractivity contribution in [2.24, 2.45) is 5.41 Å². The second kappa shape index (κ2) is 5.44. The Morgan fingerprint density at radius 3 is 2.62 bits per heavy atom. The van der Waals surface area contributed by atoms with Crippen molar-refractivity contribution in [1.29, 1.82) is 0 Å². The smallest absolute Gasteiger partial charge is 0.309 e. The lowest BCUT2D eigenvalue weighted by Crippen LogP contribution is -2.46. The second-order valence-electron chi connectivity index (χ2n) is 6.14. The van der Waals surface area contributed by atoms with Crippen molar-refractivity contribution in [2.45, 2.75) is 45.4 Å². The van der Waals surface area contributed by atoms with E-state index >= 15 is 0 Å². The fourth-order valence-electron chi connectivity index (χ4n) is 3.45. The molecule has 0 aromatic carbocycles. The molecule has 114 valence electrons. The molecule has 5 heteroatoms. The third-order valence-electron chi connectivity index (χ3n) is 5.10. The van der Waals surface area contributed by atoms with Crippen LogP contribution < -0.4 is 0 Å². The quantitative estimate of drug-likeness (QED) is 0.934. The molecule has 2 aliphatic rings. The van der Waals surface area contributed by atoms with E-state index in [0.717, 1.165) is 17.7 Å². The van der Waals surface area contributed by atoms with Crippen LogP contribution in [-0.2, 0) is 17.6 Å². The topological polar surface area (TPSA) is 57.6 Å². The average molecular weight is 307 g/mol. The van der Waals surface area contributed by atoms with Crippen LogP contribution in [0.4, 0.5) is 0 Å². The van der Waals surface area contributed by atoms with Gasteiger partial charge in [-0.2, -0.15) is 0 Å². The fraction of sp³-hybridized carbons (Fsp3) is 0.625. The minimum absolute atomic E-state index is 0.0875. The lowest BCUT2D eigenvalue weighted by atomic mass is 9.76. The predicted octanol–water partition coefficient (Wildman–Crippen LogP) is 2.95. The van der Waals surface area contributed by atoms with Gasteiger partial charge in [-0.3, -0.25) is 9.59 Å². The molecule has 0 spiro atoms. The Morgan fingerprint density at radius 2 is 2.05 bits per heavy atom. The van der Waals surface area contributed by atoms with Crippen molar-refractivity contribution >= 4 is 23.2 Å². The lowest BCUT2D eigenvalue weighted by molar-refractivity contribution is -0.152. The fourth-order valence-corrected chi connectivity index (χ4v) is 4.67. The van der Waals surface area contributed by atoms with Crippen molar-refractivity contribution in [3.8, 4) is 0 Å². The number of thiophene rings is 1. The molecule has 1 aromatic rings. The summed E-state index contributed by atoms with van der Waals surface area (Å²) in [7, 11) is 0. The number of nitrogens with zero attached hydrogens (tertiary/aromatic N) is 1. The predicted molar refractivity (Wildman–Crippen MR) is 81.8 cm³/mol. The van der Waals surface area contributed by atoms with Crippen LogP contribution in [0.15, 0.2) is 6.07 Å². The summed E-state index contributed by atoms with van der Waals surface area (Å²) in [6, 6.07) is 2.05. The van der Waals surface area contributed by atoms with Crippen molar-refractivity contribution < 1.29 is 14.7 Å². The number of hydrogen-bond donors (Lipinski definition) is 1. The number of fused-ring (bicyclic) bond motifs is 1. The summed E-state index contributed by atoms with van der Waals surface area (Å²) in [6.07, 6.45) is 5.17. The molecule has 0 unspecified atom stereocenters. The zero-order valence-corrected chi connectivity index (χ0v) is 13.2. The highest BCUT2D eigenvalue weighted by atomic mass is 32.1. The van der Waals surface area contributed by atoms with E-state index in [9.17, 15) is 14.7 Å². The molecule has 3 rings (SSSR count). The van der Waals surface area contributed by atoms with Crippen LogP contribution in [0.3, 0.4) is 0 Å². The highest BCUT2D eigenvalue weighted by Crippen LogP contribution is 2.37. The molecule has 0 radical (unpaired) electrons. The van der Waals surface area contributed by atoms with Gasteiger partial charge in [-0.1, -0.05) is 6.92 Å². The zero-order valence-electron chi connectivity index (χ0n) is 12.4. The first-order valence-corrected chi connectivity index (χ1v) is 8.51. The van der Waals surface area contributed by atoms with Crippen LogP contribution in [0.1, 0.15) is 52.7 Å². The van der Waals surface area contributed by atoms with Crippen LogP contribution in [-0.4, -0.2) is 35.0 Å². The van der Waals surface area contributed by atoms with Gasteiger partial charge in [-0.25, -0.2) is 0 Å². The number of carboxylic acids is 1. The molecule has 21 heavy (non-hydrogen) atoms.